The Morgan fingerprint density at radius 2 is 1.70 bits per heavy atom. The monoisotopic (exact) mass is 496 g/mol. The van der Waals surface area contributed by atoms with E-state index >= 15 is 0 Å². The van der Waals surface area contributed by atoms with Gasteiger partial charge in [-0.05, 0) is 24.6 Å². The van der Waals surface area contributed by atoms with Crippen LogP contribution in [-0.4, -0.2) is 18.0 Å². The molecule has 1 heterocycles. The number of benzene rings is 2. The first-order valence-electron chi connectivity index (χ1n) is 8.36. The second-order valence-corrected chi connectivity index (χ2v) is 6.88. The average molecular weight is 496 g/mol. The fourth-order valence-electron chi connectivity index (χ4n) is 2.47. The van der Waals surface area contributed by atoms with Crippen LogP contribution in [0.3, 0.4) is 0 Å². The zero-order valence-corrected chi connectivity index (χ0v) is 18.3. The highest BCUT2D eigenvalue weighted by Gasteiger charge is 2.10. The summed E-state index contributed by atoms with van der Waals surface area (Å²) in [7, 11) is 1.73. The minimum atomic E-state index is -0.230. The Hall–Kier alpha value is -2.00. The van der Waals surface area contributed by atoms with Crippen LogP contribution in [0.2, 0.25) is 0 Å². The van der Waals surface area contributed by atoms with E-state index < -0.39 is 0 Å². The van der Waals surface area contributed by atoms with Gasteiger partial charge in [0.05, 0.1) is 12.2 Å². The lowest BCUT2D eigenvalue weighted by molar-refractivity contribution is 0.626. The van der Waals surface area contributed by atoms with Gasteiger partial charge >= 0.3 is 0 Å². The van der Waals surface area contributed by atoms with Gasteiger partial charge in [0, 0.05) is 24.0 Å². The summed E-state index contributed by atoms with van der Waals surface area (Å²) in [6.45, 7) is 3.25. The summed E-state index contributed by atoms with van der Waals surface area (Å²) in [6, 6.07) is 16.6. The number of thiazole rings is 1. The molecule has 0 spiro atoms. The Labute approximate surface area is 180 Å². The van der Waals surface area contributed by atoms with Crippen LogP contribution in [0, 0.1) is 12.7 Å². The topological polar surface area (TPSA) is 49.3 Å². The quantitative estimate of drug-likeness (QED) is 0.305. The van der Waals surface area contributed by atoms with Crippen molar-refractivity contribution in [3.63, 3.8) is 0 Å². The number of nitrogens with one attached hydrogen (secondary N) is 2. The van der Waals surface area contributed by atoms with E-state index in [1.165, 1.54) is 17.0 Å². The third-order valence-electron chi connectivity index (χ3n) is 3.93. The predicted molar refractivity (Wildman–Crippen MR) is 121 cm³/mol. The molecule has 0 unspecified atom stereocenters. The second-order valence-electron chi connectivity index (χ2n) is 5.80. The van der Waals surface area contributed by atoms with Crippen LogP contribution in [-0.2, 0) is 13.1 Å². The van der Waals surface area contributed by atoms with Gasteiger partial charge in [-0.15, -0.1) is 35.3 Å². The van der Waals surface area contributed by atoms with Gasteiger partial charge in [0.2, 0.25) is 0 Å². The van der Waals surface area contributed by atoms with E-state index in [0.717, 1.165) is 21.8 Å². The normalized spacial score (nSPS) is 11.0. The number of aryl methyl sites for hydroxylation is 1. The van der Waals surface area contributed by atoms with Crippen molar-refractivity contribution in [1.82, 2.24) is 15.6 Å². The van der Waals surface area contributed by atoms with Crippen molar-refractivity contribution in [2.75, 3.05) is 7.05 Å². The summed E-state index contributed by atoms with van der Waals surface area (Å²) in [5, 5.41) is 7.56. The van der Waals surface area contributed by atoms with Crippen molar-refractivity contribution in [3.05, 3.63) is 76.5 Å². The van der Waals surface area contributed by atoms with Crippen LogP contribution < -0.4 is 10.6 Å². The van der Waals surface area contributed by atoms with Gasteiger partial charge in [-0.25, -0.2) is 9.37 Å². The first kappa shape index (κ1) is 21.3. The largest absolute Gasteiger partial charge is 0.352 e. The number of nitrogens with zero attached hydrogens (tertiary/aromatic N) is 2. The van der Waals surface area contributed by atoms with E-state index in [1.807, 2.05) is 25.1 Å². The van der Waals surface area contributed by atoms with Crippen LogP contribution in [0.1, 0.15) is 16.1 Å². The molecule has 0 saturated heterocycles. The van der Waals surface area contributed by atoms with Gasteiger partial charge in [-0.2, -0.15) is 0 Å². The van der Waals surface area contributed by atoms with Crippen molar-refractivity contribution >= 4 is 41.3 Å². The van der Waals surface area contributed by atoms with Gasteiger partial charge in [-0.1, -0.05) is 42.5 Å². The maximum absolute atomic E-state index is 13.0. The second kappa shape index (κ2) is 10.4. The Morgan fingerprint density at radius 1 is 1.04 bits per heavy atom. The van der Waals surface area contributed by atoms with Gasteiger partial charge in [0.1, 0.15) is 10.8 Å². The van der Waals surface area contributed by atoms with Crippen molar-refractivity contribution in [1.29, 1.82) is 0 Å². The molecule has 0 saturated carbocycles. The van der Waals surface area contributed by atoms with Gasteiger partial charge in [-0.3, -0.25) is 4.99 Å². The van der Waals surface area contributed by atoms with E-state index in [1.54, 1.807) is 30.5 Å². The van der Waals surface area contributed by atoms with Crippen LogP contribution in [0.15, 0.2) is 59.6 Å². The number of guanidine groups is 1. The molecule has 142 valence electrons. The van der Waals surface area contributed by atoms with E-state index in [4.69, 9.17) is 0 Å². The van der Waals surface area contributed by atoms with Crippen molar-refractivity contribution < 1.29 is 4.39 Å². The SMILES string of the molecule is CN=C(NCc1ccc(F)cc1)NCc1sc(-c2ccccc2)nc1C.I. The summed E-state index contributed by atoms with van der Waals surface area (Å²) in [5.74, 6) is 0.467. The average Bonchev–Trinajstić information content (AvgIpc) is 3.05. The molecule has 1 aromatic heterocycles. The summed E-state index contributed by atoms with van der Waals surface area (Å²) >= 11 is 1.68. The van der Waals surface area contributed by atoms with Gasteiger partial charge in [0.25, 0.3) is 0 Å². The zero-order chi connectivity index (χ0) is 18.4. The Kier molecular flexibility index (Phi) is 8.18. The summed E-state index contributed by atoms with van der Waals surface area (Å²) in [4.78, 5) is 10.1. The molecular weight excluding hydrogens is 474 g/mol. The molecule has 3 aromatic rings. The van der Waals surface area contributed by atoms with Crippen molar-refractivity contribution in [3.8, 4) is 10.6 Å². The molecule has 2 aromatic carbocycles. The molecule has 3 rings (SSSR count). The molecule has 0 aliphatic rings. The molecule has 27 heavy (non-hydrogen) atoms. The first-order chi connectivity index (χ1) is 12.7. The highest BCUT2D eigenvalue weighted by molar-refractivity contribution is 14.0. The number of halogens is 2. The third-order valence-corrected chi connectivity index (χ3v) is 5.13. The number of aliphatic imine (C=N–C) groups is 1. The molecule has 0 fully saturated rings. The van der Waals surface area contributed by atoms with Gasteiger partial charge < -0.3 is 10.6 Å². The smallest absolute Gasteiger partial charge is 0.191 e. The fourth-order valence-corrected chi connectivity index (χ4v) is 3.48. The summed E-state index contributed by atoms with van der Waals surface area (Å²) in [6.07, 6.45) is 0. The van der Waals surface area contributed by atoms with Crippen LogP contribution in [0.5, 0.6) is 0 Å². The highest BCUT2D eigenvalue weighted by atomic mass is 127. The third kappa shape index (κ3) is 6.00. The number of hydrogen-bond donors (Lipinski definition) is 2. The molecule has 4 nitrogen and oxygen atoms in total. The van der Waals surface area contributed by atoms with Gasteiger partial charge in [0.15, 0.2) is 5.96 Å². The van der Waals surface area contributed by atoms with Crippen LogP contribution in [0.4, 0.5) is 4.39 Å². The molecule has 0 aliphatic carbocycles. The standard InChI is InChI=1S/C20H21FN4S.HI/c1-14-18(26-19(25-14)16-6-4-3-5-7-16)13-24-20(22-2)23-12-15-8-10-17(21)11-9-15;/h3-11H,12-13H2,1-2H3,(H2,22,23,24);1H. The number of hydrogen-bond acceptors (Lipinski definition) is 3. The maximum atomic E-state index is 13.0. The molecule has 0 amide bonds. The highest BCUT2D eigenvalue weighted by Crippen LogP contribution is 2.27. The van der Waals surface area contributed by atoms with E-state index in [0.29, 0.717) is 19.0 Å². The van der Waals surface area contributed by atoms with Crippen molar-refractivity contribution in [2.24, 2.45) is 4.99 Å². The Balaban J connectivity index is 0.00000261. The first-order valence-corrected chi connectivity index (χ1v) is 9.18. The zero-order valence-electron chi connectivity index (χ0n) is 15.2. The molecule has 2 N–H and O–H groups in total. The lowest BCUT2D eigenvalue weighted by atomic mass is 10.2. The molecule has 7 heteroatoms. The number of rotatable bonds is 5. The summed E-state index contributed by atoms with van der Waals surface area (Å²) < 4.78 is 13.0. The van der Waals surface area contributed by atoms with E-state index in [2.05, 4.69) is 32.7 Å². The van der Waals surface area contributed by atoms with E-state index in [-0.39, 0.29) is 29.8 Å². The maximum Gasteiger partial charge on any atom is 0.191 e. The number of aromatic nitrogens is 1. The van der Waals surface area contributed by atoms with E-state index in [9.17, 15) is 4.39 Å². The molecule has 0 radical (unpaired) electrons. The Bertz CT molecular complexity index is 879. The fraction of sp³-hybridized carbons (Fsp3) is 0.200. The van der Waals surface area contributed by atoms with Crippen molar-refractivity contribution in [2.45, 2.75) is 20.0 Å². The summed E-state index contributed by atoms with van der Waals surface area (Å²) in [5.41, 5.74) is 3.15. The van der Waals surface area contributed by atoms with Crippen LogP contribution in [0.25, 0.3) is 10.6 Å². The predicted octanol–water partition coefficient (Wildman–Crippen LogP) is 4.74. The molecule has 0 aliphatic heterocycles. The minimum Gasteiger partial charge on any atom is -0.352 e. The lowest BCUT2D eigenvalue weighted by Crippen LogP contribution is -2.36. The van der Waals surface area contributed by atoms with Crippen LogP contribution >= 0.6 is 35.3 Å². The Morgan fingerprint density at radius 3 is 2.37 bits per heavy atom. The molecule has 0 atom stereocenters. The minimum absolute atomic E-state index is 0. The molecule has 0 bridgehead atoms. The molecular formula is C20H22FIN4S. The lowest BCUT2D eigenvalue weighted by Gasteiger charge is -2.11.